The molecule has 0 radical (unpaired) electrons. The van der Waals surface area contributed by atoms with E-state index in [1.807, 2.05) is 31.2 Å². The number of benzene rings is 2. The lowest BCUT2D eigenvalue weighted by Crippen LogP contribution is -2.35. The Labute approximate surface area is 137 Å². The smallest absolute Gasteiger partial charge is 0.183 e. The molecule has 0 heterocycles. The molecule has 1 saturated carbocycles. The van der Waals surface area contributed by atoms with Crippen molar-refractivity contribution >= 4 is 9.84 Å². The molecule has 122 valence electrons. The molecule has 0 amide bonds. The van der Waals surface area contributed by atoms with Crippen LogP contribution in [0.5, 0.6) is 0 Å². The first-order valence-electron chi connectivity index (χ1n) is 7.54. The number of ether oxygens (including phenoxy) is 1. The number of rotatable bonds is 5. The number of methoxy groups -OCH3 is 1. The molecule has 1 aliphatic rings. The zero-order valence-electron chi connectivity index (χ0n) is 13.3. The second-order valence-electron chi connectivity index (χ2n) is 6.21. The molecule has 0 bridgehead atoms. The molecular weight excluding hydrogens is 310 g/mol. The van der Waals surface area contributed by atoms with E-state index in [2.05, 4.69) is 0 Å². The highest BCUT2D eigenvalue weighted by atomic mass is 32.2. The van der Waals surface area contributed by atoms with Gasteiger partial charge in [-0.15, -0.1) is 0 Å². The van der Waals surface area contributed by atoms with E-state index < -0.39 is 20.6 Å². The molecule has 4 nitrogen and oxygen atoms in total. The molecule has 3 atom stereocenters. The van der Waals surface area contributed by atoms with Gasteiger partial charge in [0.05, 0.1) is 22.3 Å². The van der Waals surface area contributed by atoms with Crippen LogP contribution in [-0.4, -0.2) is 32.9 Å². The molecule has 0 unspecified atom stereocenters. The molecule has 2 aromatic rings. The van der Waals surface area contributed by atoms with E-state index in [0.29, 0.717) is 4.90 Å². The van der Waals surface area contributed by atoms with Crippen LogP contribution in [0.15, 0.2) is 59.5 Å². The number of sulfone groups is 1. The van der Waals surface area contributed by atoms with Crippen molar-refractivity contribution in [1.29, 1.82) is 0 Å². The highest BCUT2D eigenvalue weighted by Crippen LogP contribution is 2.55. The van der Waals surface area contributed by atoms with Gasteiger partial charge in [0, 0.05) is 13.0 Å². The van der Waals surface area contributed by atoms with E-state index >= 15 is 0 Å². The maximum absolute atomic E-state index is 13.0. The minimum Gasteiger partial charge on any atom is -0.383 e. The largest absolute Gasteiger partial charge is 0.383 e. The summed E-state index contributed by atoms with van der Waals surface area (Å²) in [6, 6.07) is 16.4. The Balaban J connectivity index is 2.01. The van der Waals surface area contributed by atoms with E-state index in [0.717, 1.165) is 11.1 Å². The number of hydrogen-bond donors (Lipinski definition) is 1. The topological polar surface area (TPSA) is 69.4 Å². The molecule has 5 heteroatoms. The summed E-state index contributed by atoms with van der Waals surface area (Å²) in [6.07, 6.45) is 0. The van der Waals surface area contributed by atoms with Crippen LogP contribution < -0.4 is 5.73 Å². The van der Waals surface area contributed by atoms with Gasteiger partial charge in [-0.25, -0.2) is 8.42 Å². The van der Waals surface area contributed by atoms with Gasteiger partial charge in [0.15, 0.2) is 9.84 Å². The van der Waals surface area contributed by atoms with Crippen molar-refractivity contribution in [2.24, 2.45) is 5.73 Å². The third-order valence-electron chi connectivity index (χ3n) is 4.54. The second-order valence-corrected chi connectivity index (χ2v) is 8.28. The van der Waals surface area contributed by atoms with E-state index in [9.17, 15) is 8.42 Å². The minimum atomic E-state index is -3.51. The van der Waals surface area contributed by atoms with Crippen LogP contribution >= 0.6 is 0 Å². The first-order chi connectivity index (χ1) is 10.9. The highest BCUT2D eigenvalue weighted by molar-refractivity contribution is 7.92. The number of aryl methyl sites for hydroxylation is 1. The van der Waals surface area contributed by atoms with Crippen molar-refractivity contribution < 1.29 is 13.2 Å². The first kappa shape index (κ1) is 16.2. The summed E-state index contributed by atoms with van der Waals surface area (Å²) in [4.78, 5) is 0.311. The normalized spacial score (nSPS) is 26.9. The van der Waals surface area contributed by atoms with Crippen molar-refractivity contribution in [1.82, 2.24) is 0 Å². The molecule has 3 rings (SSSR count). The third-order valence-corrected chi connectivity index (χ3v) is 6.85. The van der Waals surface area contributed by atoms with Crippen molar-refractivity contribution in [3.8, 4) is 0 Å². The quantitative estimate of drug-likeness (QED) is 0.912. The molecule has 2 aromatic carbocycles. The fourth-order valence-electron chi connectivity index (χ4n) is 3.33. The van der Waals surface area contributed by atoms with Gasteiger partial charge in [0.2, 0.25) is 0 Å². The summed E-state index contributed by atoms with van der Waals surface area (Å²) in [5.74, 6) is -0.256. The highest BCUT2D eigenvalue weighted by Gasteiger charge is 2.69. The summed E-state index contributed by atoms with van der Waals surface area (Å²) in [6.45, 7) is 2.21. The van der Waals surface area contributed by atoms with Crippen LogP contribution in [0.25, 0.3) is 0 Å². The van der Waals surface area contributed by atoms with Crippen LogP contribution in [0.1, 0.15) is 17.0 Å². The summed E-state index contributed by atoms with van der Waals surface area (Å²) >= 11 is 0. The van der Waals surface area contributed by atoms with Gasteiger partial charge < -0.3 is 10.5 Å². The van der Waals surface area contributed by atoms with Gasteiger partial charge in [0.25, 0.3) is 0 Å². The molecule has 0 aliphatic heterocycles. The molecular formula is C18H21NO3S. The van der Waals surface area contributed by atoms with Crippen LogP contribution in [0.3, 0.4) is 0 Å². The Bertz CT molecular complexity index is 787. The van der Waals surface area contributed by atoms with Gasteiger partial charge in [-0.3, -0.25) is 0 Å². The lowest BCUT2D eigenvalue weighted by atomic mass is 10.1. The molecule has 0 aromatic heterocycles. The molecule has 0 spiro atoms. The van der Waals surface area contributed by atoms with Crippen LogP contribution in [-0.2, 0) is 14.6 Å². The average molecular weight is 331 g/mol. The minimum absolute atomic E-state index is 0.211. The molecule has 1 fully saturated rings. The van der Waals surface area contributed by atoms with Crippen LogP contribution in [0, 0.1) is 6.92 Å². The van der Waals surface area contributed by atoms with Gasteiger partial charge in [-0.05, 0) is 24.6 Å². The van der Waals surface area contributed by atoms with Gasteiger partial charge in [0.1, 0.15) is 0 Å². The predicted molar refractivity (Wildman–Crippen MR) is 90.1 cm³/mol. The summed E-state index contributed by atoms with van der Waals surface area (Å²) < 4.78 is 31.2. The lowest BCUT2D eigenvalue weighted by Gasteiger charge is -2.11. The Morgan fingerprint density at radius 3 is 2.26 bits per heavy atom. The van der Waals surface area contributed by atoms with E-state index in [-0.39, 0.29) is 12.5 Å². The molecule has 1 aliphatic carbocycles. The van der Waals surface area contributed by atoms with E-state index in [1.54, 1.807) is 37.4 Å². The van der Waals surface area contributed by atoms with E-state index in [1.165, 1.54) is 0 Å². The van der Waals surface area contributed by atoms with Gasteiger partial charge in [-0.1, -0.05) is 48.0 Å². The van der Waals surface area contributed by atoms with E-state index in [4.69, 9.17) is 10.5 Å². The van der Waals surface area contributed by atoms with Crippen LogP contribution in [0.2, 0.25) is 0 Å². The average Bonchev–Trinajstić information content (AvgIpc) is 3.15. The van der Waals surface area contributed by atoms with Crippen molar-refractivity contribution in [3.05, 3.63) is 65.7 Å². The Kier molecular flexibility index (Phi) is 4.04. The Morgan fingerprint density at radius 2 is 1.70 bits per heavy atom. The van der Waals surface area contributed by atoms with Crippen molar-refractivity contribution in [3.63, 3.8) is 0 Å². The maximum Gasteiger partial charge on any atom is 0.183 e. The zero-order valence-corrected chi connectivity index (χ0v) is 14.1. The molecule has 0 saturated heterocycles. The lowest BCUT2D eigenvalue weighted by molar-refractivity contribution is 0.171. The summed E-state index contributed by atoms with van der Waals surface area (Å²) in [5, 5.41) is -0.667. The fraction of sp³-hybridized carbons (Fsp3) is 0.333. The molecule has 2 N–H and O–H groups in total. The first-order valence-corrected chi connectivity index (χ1v) is 9.09. The fourth-order valence-corrected chi connectivity index (χ4v) is 5.64. The standard InChI is InChI=1S/C18H21NO3S/c1-13-8-10-14(11-9-13)16-17(18(16,19)12-22-2)23(20,21)15-6-4-3-5-7-15/h3-11,16-17H,12,19H2,1-2H3/t16-,17+,18-/m1/s1. The van der Waals surface area contributed by atoms with Gasteiger partial charge in [-0.2, -0.15) is 0 Å². The maximum atomic E-state index is 13.0. The summed E-state index contributed by atoms with van der Waals surface area (Å²) in [7, 11) is -1.96. The number of nitrogens with two attached hydrogens (primary N) is 1. The third kappa shape index (κ3) is 2.69. The zero-order chi connectivity index (χ0) is 16.7. The van der Waals surface area contributed by atoms with Crippen molar-refractivity contribution in [2.75, 3.05) is 13.7 Å². The monoisotopic (exact) mass is 331 g/mol. The molecule has 23 heavy (non-hydrogen) atoms. The number of hydrogen-bond acceptors (Lipinski definition) is 4. The van der Waals surface area contributed by atoms with Crippen LogP contribution in [0.4, 0.5) is 0 Å². The SMILES string of the molecule is COC[C@@]1(N)[C@H](c2ccc(C)cc2)[C@@H]1S(=O)(=O)c1ccccc1. The van der Waals surface area contributed by atoms with Crippen molar-refractivity contribution in [2.45, 2.75) is 28.5 Å². The van der Waals surface area contributed by atoms with Gasteiger partial charge >= 0.3 is 0 Å². The predicted octanol–water partition coefficient (Wildman–Crippen LogP) is 2.28. The Morgan fingerprint density at radius 1 is 1.09 bits per heavy atom. The summed E-state index contributed by atoms with van der Waals surface area (Å²) in [5.41, 5.74) is 7.62. The second kappa shape index (κ2) is 5.74. The Hall–Kier alpha value is -1.69.